The smallest absolute Gasteiger partial charge is 0.309 e. The molecule has 0 unspecified atom stereocenters. The Bertz CT molecular complexity index is 823. The maximum Gasteiger partial charge on any atom is 0.309 e. The van der Waals surface area contributed by atoms with Crippen LogP contribution in [0.1, 0.15) is 18.2 Å². The van der Waals surface area contributed by atoms with Gasteiger partial charge in [-0.1, -0.05) is 19.1 Å². The highest BCUT2D eigenvalue weighted by atomic mass is 32.1. The van der Waals surface area contributed by atoms with Gasteiger partial charge in [0.05, 0.1) is 12.1 Å². The first-order valence-electron chi connectivity index (χ1n) is 7.67. The lowest BCUT2D eigenvalue weighted by Crippen LogP contribution is -1.99. The fourth-order valence-electron chi connectivity index (χ4n) is 2.27. The Balaban J connectivity index is 1.70. The quantitative estimate of drug-likeness (QED) is 0.701. The second kappa shape index (κ2) is 7.27. The largest absolute Gasteiger partial charge is 0.481 e. The minimum atomic E-state index is -0.871. The lowest BCUT2D eigenvalue weighted by molar-refractivity contribution is -0.136. The molecule has 122 valence electrons. The lowest BCUT2D eigenvalue weighted by atomic mass is 10.2. The zero-order valence-corrected chi connectivity index (χ0v) is 14.0. The van der Waals surface area contributed by atoms with E-state index in [9.17, 15) is 4.79 Å². The van der Waals surface area contributed by atoms with E-state index in [0.29, 0.717) is 5.69 Å². The molecule has 3 rings (SSSR count). The summed E-state index contributed by atoms with van der Waals surface area (Å²) in [5.74, 6) is 0.688. The molecule has 0 bridgehead atoms. The van der Waals surface area contributed by atoms with Crippen molar-refractivity contribution < 1.29 is 14.6 Å². The summed E-state index contributed by atoms with van der Waals surface area (Å²) < 4.78 is 5.83. The Morgan fingerprint density at radius 1 is 1.08 bits per heavy atom. The summed E-state index contributed by atoms with van der Waals surface area (Å²) in [4.78, 5) is 15.1. The van der Waals surface area contributed by atoms with E-state index in [1.165, 1.54) is 16.9 Å². The first kappa shape index (κ1) is 16.2. The molecule has 24 heavy (non-hydrogen) atoms. The molecule has 2 aromatic carbocycles. The van der Waals surface area contributed by atoms with Crippen LogP contribution in [0.3, 0.4) is 0 Å². The molecular formula is C19H17NO3S. The third-order valence-corrected chi connectivity index (χ3v) is 4.49. The minimum Gasteiger partial charge on any atom is -0.481 e. The number of carboxylic acid groups (broad SMARTS) is 1. The van der Waals surface area contributed by atoms with Crippen LogP contribution in [0.5, 0.6) is 11.5 Å². The van der Waals surface area contributed by atoms with Crippen LogP contribution in [-0.4, -0.2) is 16.1 Å². The van der Waals surface area contributed by atoms with Crippen molar-refractivity contribution in [2.75, 3.05) is 0 Å². The number of aromatic nitrogens is 1. The van der Waals surface area contributed by atoms with Gasteiger partial charge in [0.15, 0.2) is 0 Å². The van der Waals surface area contributed by atoms with Gasteiger partial charge in [-0.05, 0) is 48.4 Å². The molecule has 0 saturated carbocycles. The molecular weight excluding hydrogens is 322 g/mol. The van der Waals surface area contributed by atoms with E-state index in [1.54, 1.807) is 5.38 Å². The van der Waals surface area contributed by atoms with Crippen molar-refractivity contribution in [2.45, 2.75) is 19.8 Å². The summed E-state index contributed by atoms with van der Waals surface area (Å²) in [6.45, 7) is 2.12. The Morgan fingerprint density at radius 2 is 1.71 bits per heavy atom. The molecule has 0 spiro atoms. The van der Waals surface area contributed by atoms with E-state index >= 15 is 0 Å². The Labute approximate surface area is 144 Å². The summed E-state index contributed by atoms with van der Waals surface area (Å²) in [5.41, 5.74) is 2.81. The first-order valence-corrected chi connectivity index (χ1v) is 8.55. The van der Waals surface area contributed by atoms with Gasteiger partial charge < -0.3 is 9.84 Å². The highest BCUT2D eigenvalue weighted by molar-refractivity contribution is 7.13. The Morgan fingerprint density at radius 3 is 2.29 bits per heavy atom. The van der Waals surface area contributed by atoms with Gasteiger partial charge in [0.2, 0.25) is 0 Å². The van der Waals surface area contributed by atoms with Gasteiger partial charge in [-0.2, -0.15) is 0 Å². The summed E-state index contributed by atoms with van der Waals surface area (Å²) in [7, 11) is 0. The molecule has 0 atom stereocenters. The van der Waals surface area contributed by atoms with Crippen molar-refractivity contribution in [3.8, 4) is 22.1 Å². The fourth-order valence-corrected chi connectivity index (χ4v) is 3.10. The van der Waals surface area contributed by atoms with Crippen LogP contribution in [0.2, 0.25) is 0 Å². The average Bonchev–Trinajstić information content (AvgIpc) is 3.04. The van der Waals surface area contributed by atoms with Crippen molar-refractivity contribution in [3.63, 3.8) is 0 Å². The molecule has 0 aliphatic heterocycles. The Kier molecular flexibility index (Phi) is 4.91. The van der Waals surface area contributed by atoms with Gasteiger partial charge >= 0.3 is 5.97 Å². The topological polar surface area (TPSA) is 59.4 Å². The maximum atomic E-state index is 10.7. The fraction of sp³-hybridized carbons (Fsp3) is 0.158. The second-order valence-electron chi connectivity index (χ2n) is 5.34. The van der Waals surface area contributed by atoms with Crippen LogP contribution < -0.4 is 4.74 Å². The van der Waals surface area contributed by atoms with Crippen LogP contribution in [0.25, 0.3) is 10.6 Å². The third kappa shape index (κ3) is 4.00. The van der Waals surface area contributed by atoms with Gasteiger partial charge in [0.25, 0.3) is 0 Å². The summed E-state index contributed by atoms with van der Waals surface area (Å²) in [5, 5.41) is 11.4. The molecule has 5 heteroatoms. The Hall–Kier alpha value is -2.66. The number of hydrogen-bond acceptors (Lipinski definition) is 4. The predicted molar refractivity (Wildman–Crippen MR) is 94.8 cm³/mol. The van der Waals surface area contributed by atoms with Crippen LogP contribution in [-0.2, 0) is 17.6 Å². The number of carboxylic acids is 1. The summed E-state index contributed by atoms with van der Waals surface area (Å²) >= 11 is 1.44. The van der Waals surface area contributed by atoms with Gasteiger partial charge in [-0.15, -0.1) is 11.3 Å². The van der Waals surface area contributed by atoms with Gasteiger partial charge in [-0.25, -0.2) is 4.98 Å². The molecule has 0 aliphatic rings. The molecule has 3 aromatic rings. The highest BCUT2D eigenvalue weighted by Gasteiger charge is 2.08. The van der Waals surface area contributed by atoms with Crippen LogP contribution in [0.15, 0.2) is 53.9 Å². The van der Waals surface area contributed by atoms with E-state index < -0.39 is 5.97 Å². The molecule has 1 heterocycles. The minimum absolute atomic E-state index is 0.0501. The highest BCUT2D eigenvalue weighted by Crippen LogP contribution is 2.28. The number of benzene rings is 2. The van der Waals surface area contributed by atoms with E-state index in [1.807, 2.05) is 36.4 Å². The monoisotopic (exact) mass is 339 g/mol. The number of thiazole rings is 1. The second-order valence-corrected chi connectivity index (χ2v) is 6.20. The first-order chi connectivity index (χ1) is 11.6. The van der Waals surface area contributed by atoms with Crippen molar-refractivity contribution in [1.29, 1.82) is 0 Å². The summed E-state index contributed by atoms with van der Waals surface area (Å²) in [6.07, 6.45) is 0.956. The van der Waals surface area contributed by atoms with Crippen LogP contribution in [0, 0.1) is 0 Å². The molecule has 4 nitrogen and oxygen atoms in total. The van der Waals surface area contributed by atoms with Crippen LogP contribution >= 0.6 is 11.3 Å². The SMILES string of the molecule is CCc1ccc(Oc2ccc(-c3nc(CC(=O)O)cs3)cc2)cc1. The lowest BCUT2D eigenvalue weighted by Gasteiger charge is -2.07. The number of ether oxygens (including phenoxy) is 1. The molecule has 1 aromatic heterocycles. The molecule has 0 saturated heterocycles. The normalized spacial score (nSPS) is 10.5. The standard InChI is InChI=1S/C19H17NO3S/c1-2-13-3-7-16(8-4-13)23-17-9-5-14(6-10-17)19-20-15(12-24-19)11-18(21)22/h3-10,12H,2,11H2,1H3,(H,21,22). The molecule has 1 N–H and O–H groups in total. The molecule has 0 amide bonds. The predicted octanol–water partition coefficient (Wildman–Crippen LogP) is 4.79. The van der Waals surface area contributed by atoms with Crippen molar-refractivity contribution in [2.24, 2.45) is 0 Å². The van der Waals surface area contributed by atoms with Gasteiger partial charge in [0, 0.05) is 10.9 Å². The number of aryl methyl sites for hydroxylation is 1. The molecule has 0 radical (unpaired) electrons. The van der Waals surface area contributed by atoms with E-state index in [2.05, 4.69) is 24.0 Å². The number of nitrogens with zero attached hydrogens (tertiary/aromatic N) is 1. The van der Waals surface area contributed by atoms with Crippen molar-refractivity contribution >= 4 is 17.3 Å². The molecule has 0 aliphatic carbocycles. The van der Waals surface area contributed by atoms with E-state index in [0.717, 1.165) is 28.5 Å². The van der Waals surface area contributed by atoms with Gasteiger partial charge in [-0.3, -0.25) is 4.79 Å². The van der Waals surface area contributed by atoms with Crippen molar-refractivity contribution in [1.82, 2.24) is 4.98 Å². The van der Waals surface area contributed by atoms with Crippen molar-refractivity contribution in [3.05, 3.63) is 65.2 Å². The zero-order chi connectivity index (χ0) is 16.9. The van der Waals surface area contributed by atoms with Crippen LogP contribution in [0.4, 0.5) is 0 Å². The zero-order valence-electron chi connectivity index (χ0n) is 13.2. The maximum absolute atomic E-state index is 10.7. The number of rotatable bonds is 6. The third-order valence-electron chi connectivity index (χ3n) is 3.55. The van der Waals surface area contributed by atoms with E-state index in [4.69, 9.17) is 9.84 Å². The molecule has 0 fully saturated rings. The number of carbonyl (C=O) groups is 1. The number of hydrogen-bond donors (Lipinski definition) is 1. The summed E-state index contributed by atoms with van der Waals surface area (Å²) in [6, 6.07) is 15.7. The van der Waals surface area contributed by atoms with E-state index in [-0.39, 0.29) is 6.42 Å². The number of aliphatic carboxylic acids is 1. The van der Waals surface area contributed by atoms with Gasteiger partial charge in [0.1, 0.15) is 16.5 Å². The average molecular weight is 339 g/mol.